The number of β-amino-alcohol motifs (C(OH)–C–C–N with tert-alkyl or cyclic N) is 1. The first-order chi connectivity index (χ1) is 6.66. The average Bonchev–Trinajstić information content (AvgIpc) is 2.51. The molecule has 1 aliphatic rings. The second-order valence-electron chi connectivity index (χ2n) is 3.59. The summed E-state index contributed by atoms with van der Waals surface area (Å²) in [7, 11) is 0. The Hall–Kier alpha value is -0.740. The molecule has 1 atom stereocenters. The van der Waals surface area contributed by atoms with Crippen LogP contribution >= 0.6 is 15.9 Å². The standard InChI is InChI=1S/C10H13BrN2O/c11-7-1-2-10(9(12)5-7)13-4-3-8(14)6-13/h1-2,5,8,14H,3-4,6,12H2/t8-/m0/s1. The molecule has 1 aliphatic heterocycles. The molecule has 3 N–H and O–H groups in total. The lowest BCUT2D eigenvalue weighted by Crippen LogP contribution is -2.22. The zero-order chi connectivity index (χ0) is 10.1. The Kier molecular flexibility index (Phi) is 2.65. The van der Waals surface area contributed by atoms with Crippen molar-refractivity contribution in [2.75, 3.05) is 23.7 Å². The molecule has 0 spiro atoms. The number of hydrogen-bond donors (Lipinski definition) is 2. The Morgan fingerprint density at radius 3 is 2.86 bits per heavy atom. The number of aliphatic hydroxyl groups is 1. The van der Waals surface area contributed by atoms with Gasteiger partial charge in [0.1, 0.15) is 0 Å². The first-order valence-corrected chi connectivity index (χ1v) is 5.44. The van der Waals surface area contributed by atoms with Crippen LogP contribution in [0.1, 0.15) is 6.42 Å². The summed E-state index contributed by atoms with van der Waals surface area (Å²) in [5.74, 6) is 0. The van der Waals surface area contributed by atoms with Gasteiger partial charge in [-0.2, -0.15) is 0 Å². The number of anilines is 2. The van der Waals surface area contributed by atoms with Crippen molar-refractivity contribution < 1.29 is 5.11 Å². The summed E-state index contributed by atoms with van der Waals surface area (Å²) in [5, 5.41) is 9.41. The zero-order valence-corrected chi connectivity index (χ0v) is 9.37. The summed E-state index contributed by atoms with van der Waals surface area (Å²) in [6.45, 7) is 1.57. The second-order valence-corrected chi connectivity index (χ2v) is 4.51. The Labute approximate surface area is 91.6 Å². The van der Waals surface area contributed by atoms with E-state index in [4.69, 9.17) is 5.73 Å². The van der Waals surface area contributed by atoms with E-state index in [1.54, 1.807) is 0 Å². The lowest BCUT2D eigenvalue weighted by atomic mass is 10.2. The highest BCUT2D eigenvalue weighted by Crippen LogP contribution is 2.29. The van der Waals surface area contributed by atoms with Crippen LogP contribution in [0.4, 0.5) is 11.4 Å². The summed E-state index contributed by atoms with van der Waals surface area (Å²) in [6, 6.07) is 5.84. The van der Waals surface area contributed by atoms with Gasteiger partial charge in [0.15, 0.2) is 0 Å². The lowest BCUT2D eigenvalue weighted by Gasteiger charge is -2.19. The topological polar surface area (TPSA) is 49.5 Å². The first-order valence-electron chi connectivity index (χ1n) is 4.65. The van der Waals surface area contributed by atoms with E-state index in [1.165, 1.54) is 0 Å². The molecule has 0 amide bonds. The van der Waals surface area contributed by atoms with Crippen LogP contribution < -0.4 is 10.6 Å². The molecule has 76 valence electrons. The monoisotopic (exact) mass is 256 g/mol. The Balaban J connectivity index is 2.24. The van der Waals surface area contributed by atoms with E-state index in [2.05, 4.69) is 20.8 Å². The van der Waals surface area contributed by atoms with Crippen LogP contribution in [0.15, 0.2) is 22.7 Å². The molecule has 0 bridgehead atoms. The number of nitrogens with zero attached hydrogens (tertiary/aromatic N) is 1. The highest BCUT2D eigenvalue weighted by atomic mass is 79.9. The minimum Gasteiger partial charge on any atom is -0.397 e. The van der Waals surface area contributed by atoms with Crippen LogP contribution in [0.2, 0.25) is 0 Å². The van der Waals surface area contributed by atoms with Crippen molar-refractivity contribution in [1.29, 1.82) is 0 Å². The van der Waals surface area contributed by atoms with E-state index in [9.17, 15) is 5.11 Å². The third-order valence-corrected chi connectivity index (χ3v) is 2.99. The SMILES string of the molecule is Nc1cc(Br)ccc1N1CC[C@H](O)C1. The predicted octanol–water partition coefficient (Wildman–Crippen LogP) is 1.60. The van der Waals surface area contributed by atoms with Crippen LogP contribution in [-0.4, -0.2) is 24.3 Å². The molecule has 1 saturated heterocycles. The molecule has 4 heteroatoms. The van der Waals surface area contributed by atoms with Gasteiger partial charge in [0.05, 0.1) is 17.5 Å². The van der Waals surface area contributed by atoms with Gasteiger partial charge in [0.2, 0.25) is 0 Å². The predicted molar refractivity (Wildman–Crippen MR) is 61.4 cm³/mol. The van der Waals surface area contributed by atoms with Gasteiger partial charge in [-0.3, -0.25) is 0 Å². The molecular weight excluding hydrogens is 244 g/mol. The number of aliphatic hydroxyl groups excluding tert-OH is 1. The highest BCUT2D eigenvalue weighted by molar-refractivity contribution is 9.10. The average molecular weight is 257 g/mol. The van der Waals surface area contributed by atoms with Gasteiger partial charge in [-0.1, -0.05) is 15.9 Å². The molecule has 1 aromatic carbocycles. The minimum atomic E-state index is -0.210. The fourth-order valence-electron chi connectivity index (χ4n) is 1.77. The summed E-state index contributed by atoms with van der Waals surface area (Å²) in [5.41, 5.74) is 7.67. The molecule has 14 heavy (non-hydrogen) atoms. The van der Waals surface area contributed by atoms with Gasteiger partial charge in [0.25, 0.3) is 0 Å². The van der Waals surface area contributed by atoms with E-state index < -0.39 is 0 Å². The summed E-state index contributed by atoms with van der Waals surface area (Å²) in [6.07, 6.45) is 0.619. The number of benzene rings is 1. The van der Waals surface area contributed by atoms with Gasteiger partial charge in [-0.05, 0) is 24.6 Å². The number of nitrogen functional groups attached to an aromatic ring is 1. The minimum absolute atomic E-state index is 0.210. The van der Waals surface area contributed by atoms with E-state index in [-0.39, 0.29) is 6.10 Å². The Morgan fingerprint density at radius 1 is 1.50 bits per heavy atom. The summed E-state index contributed by atoms with van der Waals surface area (Å²) < 4.78 is 0.985. The van der Waals surface area contributed by atoms with E-state index in [0.29, 0.717) is 6.54 Å². The third kappa shape index (κ3) is 1.86. The smallest absolute Gasteiger partial charge is 0.0731 e. The Morgan fingerprint density at radius 2 is 2.29 bits per heavy atom. The molecule has 0 radical (unpaired) electrons. The largest absolute Gasteiger partial charge is 0.397 e. The van der Waals surface area contributed by atoms with Gasteiger partial charge in [0, 0.05) is 17.6 Å². The molecule has 1 fully saturated rings. The second kappa shape index (κ2) is 3.79. The molecule has 3 nitrogen and oxygen atoms in total. The quantitative estimate of drug-likeness (QED) is 0.751. The first kappa shape index (κ1) is 9.80. The number of halogens is 1. The van der Waals surface area contributed by atoms with Crippen molar-refractivity contribution >= 4 is 27.3 Å². The van der Waals surface area contributed by atoms with E-state index >= 15 is 0 Å². The van der Waals surface area contributed by atoms with Gasteiger partial charge < -0.3 is 15.7 Å². The summed E-state index contributed by atoms with van der Waals surface area (Å²) >= 11 is 3.37. The van der Waals surface area contributed by atoms with Crippen molar-refractivity contribution in [3.05, 3.63) is 22.7 Å². The van der Waals surface area contributed by atoms with Gasteiger partial charge >= 0.3 is 0 Å². The number of hydrogen-bond acceptors (Lipinski definition) is 3. The third-order valence-electron chi connectivity index (χ3n) is 2.49. The van der Waals surface area contributed by atoms with Crippen molar-refractivity contribution in [2.45, 2.75) is 12.5 Å². The van der Waals surface area contributed by atoms with E-state index in [0.717, 1.165) is 28.8 Å². The van der Waals surface area contributed by atoms with Crippen LogP contribution in [0, 0.1) is 0 Å². The van der Waals surface area contributed by atoms with Crippen LogP contribution in [0.5, 0.6) is 0 Å². The van der Waals surface area contributed by atoms with Crippen molar-refractivity contribution in [3.63, 3.8) is 0 Å². The molecule has 2 rings (SSSR count). The maximum absolute atomic E-state index is 9.41. The molecule has 1 aromatic rings. The highest BCUT2D eigenvalue weighted by Gasteiger charge is 2.21. The normalized spacial score (nSPS) is 21.6. The van der Waals surface area contributed by atoms with Crippen molar-refractivity contribution in [2.24, 2.45) is 0 Å². The maximum Gasteiger partial charge on any atom is 0.0731 e. The van der Waals surface area contributed by atoms with Gasteiger partial charge in [-0.25, -0.2) is 0 Å². The maximum atomic E-state index is 9.41. The van der Waals surface area contributed by atoms with Crippen LogP contribution in [0.3, 0.4) is 0 Å². The van der Waals surface area contributed by atoms with E-state index in [1.807, 2.05) is 18.2 Å². The number of rotatable bonds is 1. The molecule has 0 saturated carbocycles. The van der Waals surface area contributed by atoms with Crippen molar-refractivity contribution in [1.82, 2.24) is 0 Å². The molecule has 0 aromatic heterocycles. The molecule has 0 unspecified atom stereocenters. The Bertz CT molecular complexity index is 343. The zero-order valence-electron chi connectivity index (χ0n) is 7.78. The summed E-state index contributed by atoms with van der Waals surface area (Å²) in [4.78, 5) is 2.12. The molecular formula is C10H13BrN2O. The van der Waals surface area contributed by atoms with Crippen LogP contribution in [0.25, 0.3) is 0 Å². The van der Waals surface area contributed by atoms with Gasteiger partial charge in [-0.15, -0.1) is 0 Å². The molecule has 0 aliphatic carbocycles. The fraction of sp³-hybridized carbons (Fsp3) is 0.400. The fourth-order valence-corrected chi connectivity index (χ4v) is 2.15. The van der Waals surface area contributed by atoms with Crippen LogP contribution in [-0.2, 0) is 0 Å². The number of nitrogens with two attached hydrogens (primary N) is 1. The molecule has 1 heterocycles. The lowest BCUT2D eigenvalue weighted by molar-refractivity contribution is 0.198. The van der Waals surface area contributed by atoms with Crippen molar-refractivity contribution in [3.8, 4) is 0 Å².